The summed E-state index contributed by atoms with van der Waals surface area (Å²) in [5.74, 6) is -2.40. The fourth-order valence-electron chi connectivity index (χ4n) is 2.96. The van der Waals surface area contributed by atoms with Gasteiger partial charge in [0.15, 0.2) is 6.04 Å². The van der Waals surface area contributed by atoms with Gasteiger partial charge in [0.1, 0.15) is 11.4 Å². The summed E-state index contributed by atoms with van der Waals surface area (Å²) in [4.78, 5) is 36.9. The first kappa shape index (κ1) is 17.8. The first-order valence-corrected chi connectivity index (χ1v) is 9.40. The van der Waals surface area contributed by atoms with Crippen molar-refractivity contribution in [2.75, 3.05) is 11.6 Å². The van der Waals surface area contributed by atoms with Crippen molar-refractivity contribution in [3.8, 4) is 0 Å². The van der Waals surface area contributed by atoms with E-state index < -0.39 is 34.5 Å². The number of fused-ring (bicyclic) bond motifs is 1. The van der Waals surface area contributed by atoms with Crippen LogP contribution in [0.1, 0.15) is 5.56 Å². The number of aliphatic carboxylic acids is 1. The molecule has 132 valence electrons. The minimum atomic E-state index is -1.52. The van der Waals surface area contributed by atoms with Crippen LogP contribution in [0.3, 0.4) is 0 Å². The maximum Gasteiger partial charge on any atom is 0.352 e. The minimum absolute atomic E-state index is 0.0232. The molecule has 1 aromatic rings. The fourth-order valence-corrected chi connectivity index (χ4v) is 4.98. The van der Waals surface area contributed by atoms with E-state index in [4.69, 9.17) is 11.6 Å². The summed E-state index contributed by atoms with van der Waals surface area (Å²) in [5.41, 5.74) is 0.813. The highest BCUT2D eigenvalue weighted by Crippen LogP contribution is 2.37. The van der Waals surface area contributed by atoms with Crippen LogP contribution in [0, 0.1) is 0 Å². The molecule has 0 saturated carbocycles. The van der Waals surface area contributed by atoms with Gasteiger partial charge in [-0.3, -0.25) is 14.5 Å². The van der Waals surface area contributed by atoms with E-state index in [2.05, 4.69) is 5.32 Å². The Labute approximate surface area is 151 Å². The largest absolute Gasteiger partial charge is 0.614 e. The Kier molecular flexibility index (Phi) is 5.03. The first-order chi connectivity index (χ1) is 11.9. The topological polar surface area (TPSA) is 110 Å². The zero-order chi connectivity index (χ0) is 18.1. The first-order valence-electron chi connectivity index (χ1n) is 7.49. The lowest BCUT2D eigenvalue weighted by atomic mass is 10.0. The van der Waals surface area contributed by atoms with E-state index in [-0.39, 0.29) is 35.2 Å². The van der Waals surface area contributed by atoms with Crippen LogP contribution in [-0.2, 0) is 32.0 Å². The molecule has 0 spiro atoms. The quantitative estimate of drug-likeness (QED) is 0.430. The van der Waals surface area contributed by atoms with E-state index in [1.165, 1.54) is 0 Å². The van der Waals surface area contributed by atoms with Crippen molar-refractivity contribution in [3.05, 3.63) is 47.2 Å². The molecule has 0 radical (unpaired) electrons. The monoisotopic (exact) mass is 382 g/mol. The zero-order valence-electron chi connectivity index (χ0n) is 13.0. The van der Waals surface area contributed by atoms with Gasteiger partial charge >= 0.3 is 5.97 Å². The molecule has 2 aliphatic rings. The van der Waals surface area contributed by atoms with E-state index >= 15 is 0 Å². The van der Waals surface area contributed by atoms with E-state index in [0.717, 1.165) is 10.5 Å². The van der Waals surface area contributed by atoms with Gasteiger partial charge in [0.25, 0.3) is 5.91 Å². The number of carbonyl (C=O) groups excluding carboxylic acids is 2. The van der Waals surface area contributed by atoms with Crippen molar-refractivity contribution >= 4 is 40.6 Å². The third-order valence-electron chi connectivity index (χ3n) is 4.09. The number of amides is 2. The lowest BCUT2D eigenvalue weighted by Gasteiger charge is -2.48. The van der Waals surface area contributed by atoms with Crippen molar-refractivity contribution in [2.24, 2.45) is 0 Å². The Bertz CT molecular complexity index is 754. The highest BCUT2D eigenvalue weighted by atomic mass is 35.5. The number of β-lactam (4-membered cyclic amide) rings is 1. The van der Waals surface area contributed by atoms with Gasteiger partial charge in [0.2, 0.25) is 11.3 Å². The normalized spacial score (nSPS) is 25.3. The van der Waals surface area contributed by atoms with Crippen LogP contribution in [0.15, 0.2) is 41.6 Å². The number of halogens is 1. The molecule has 0 bridgehead atoms. The number of hydrogen-bond acceptors (Lipinski definition) is 4. The molecule has 1 saturated heterocycles. The number of nitrogens with one attached hydrogen (secondary N) is 1. The number of nitrogens with zero attached hydrogens (tertiary/aromatic N) is 1. The van der Waals surface area contributed by atoms with Gasteiger partial charge in [-0.1, -0.05) is 30.3 Å². The van der Waals surface area contributed by atoms with Gasteiger partial charge in [-0.05, 0) is 16.7 Å². The van der Waals surface area contributed by atoms with Crippen LogP contribution in [0.2, 0.25) is 0 Å². The number of carboxylic acids is 1. The summed E-state index contributed by atoms with van der Waals surface area (Å²) in [6.45, 7) is 0. The summed E-state index contributed by atoms with van der Waals surface area (Å²) >= 11 is 4.19. The second-order valence-corrected chi connectivity index (χ2v) is 7.52. The smallest absolute Gasteiger partial charge is 0.352 e. The molecule has 0 aromatic heterocycles. The number of carbonyl (C=O) groups is 3. The molecule has 7 nitrogen and oxygen atoms in total. The summed E-state index contributed by atoms with van der Waals surface area (Å²) < 4.78 is 12.4. The molecule has 1 fully saturated rings. The zero-order valence-corrected chi connectivity index (χ0v) is 14.5. The number of carboxylic acid groups (broad SMARTS) is 1. The molecule has 2 unspecified atom stereocenters. The molecular weight excluding hydrogens is 368 g/mol. The predicted molar refractivity (Wildman–Crippen MR) is 91.1 cm³/mol. The van der Waals surface area contributed by atoms with Crippen LogP contribution in [0.25, 0.3) is 0 Å². The SMILES string of the molecule is O=C(Cc1ccccc1)NC1C(=O)N2C(C(=O)O)=C(CCl)C[S+]([O-])[C@H]12. The summed E-state index contributed by atoms with van der Waals surface area (Å²) in [5, 5.41) is 11.0. The van der Waals surface area contributed by atoms with Crippen molar-refractivity contribution in [3.63, 3.8) is 0 Å². The molecule has 3 rings (SSSR count). The Balaban J connectivity index is 1.74. The molecule has 9 heteroatoms. The Hall–Kier alpha value is -2.03. The van der Waals surface area contributed by atoms with Crippen molar-refractivity contribution in [2.45, 2.75) is 17.8 Å². The summed E-state index contributed by atoms with van der Waals surface area (Å²) in [6.07, 6.45) is 0.0819. The fraction of sp³-hybridized carbons (Fsp3) is 0.312. The molecule has 2 heterocycles. The maximum absolute atomic E-state index is 12.4. The van der Waals surface area contributed by atoms with Crippen molar-refractivity contribution in [1.82, 2.24) is 10.2 Å². The Morgan fingerprint density at radius 1 is 1.36 bits per heavy atom. The third kappa shape index (κ3) is 3.24. The summed E-state index contributed by atoms with van der Waals surface area (Å²) in [7, 11) is 0. The number of rotatable bonds is 5. The van der Waals surface area contributed by atoms with Crippen molar-refractivity contribution < 1.29 is 24.0 Å². The second kappa shape index (κ2) is 7.07. The second-order valence-electron chi connectivity index (χ2n) is 5.72. The van der Waals surface area contributed by atoms with Crippen molar-refractivity contribution in [1.29, 1.82) is 0 Å². The predicted octanol–water partition coefficient (Wildman–Crippen LogP) is 0.222. The standard InChI is InChI=1S/C16H15ClN2O5S/c17-7-10-8-25(24)15-12(14(21)19(15)13(10)16(22)23)18-11(20)6-9-4-2-1-3-5-9/h1-5,12,15H,6-8H2,(H,18,20)(H,22,23)/t12?,15-,25?/m1/s1. The van der Waals surface area contributed by atoms with Crippen LogP contribution in [0.5, 0.6) is 0 Å². The van der Waals surface area contributed by atoms with Gasteiger partial charge in [-0.25, -0.2) is 4.79 Å². The molecule has 2 aliphatic heterocycles. The van der Waals surface area contributed by atoms with E-state index in [1.54, 1.807) is 24.3 Å². The van der Waals surface area contributed by atoms with Gasteiger partial charge < -0.3 is 15.0 Å². The summed E-state index contributed by atoms with van der Waals surface area (Å²) in [6, 6.07) is 8.01. The Morgan fingerprint density at radius 2 is 2.04 bits per heavy atom. The van der Waals surface area contributed by atoms with Gasteiger partial charge in [0.05, 0.1) is 12.3 Å². The average molecular weight is 383 g/mol. The minimum Gasteiger partial charge on any atom is -0.614 e. The molecule has 0 aliphatic carbocycles. The number of hydrogen-bond donors (Lipinski definition) is 2. The molecule has 2 N–H and O–H groups in total. The molecule has 3 atom stereocenters. The molecular formula is C16H15ClN2O5S. The third-order valence-corrected chi connectivity index (χ3v) is 6.07. The van der Waals surface area contributed by atoms with Crippen LogP contribution in [-0.4, -0.2) is 55.4 Å². The highest BCUT2D eigenvalue weighted by molar-refractivity contribution is 7.92. The highest BCUT2D eigenvalue weighted by Gasteiger charge is 2.60. The van der Waals surface area contributed by atoms with Gasteiger partial charge in [0, 0.05) is 5.57 Å². The Morgan fingerprint density at radius 3 is 2.64 bits per heavy atom. The van der Waals surface area contributed by atoms with Gasteiger partial charge in [-0.15, -0.1) is 11.6 Å². The molecule has 1 aromatic carbocycles. The lowest BCUT2D eigenvalue weighted by Crippen LogP contribution is -2.74. The maximum atomic E-state index is 12.4. The van der Waals surface area contributed by atoms with Crippen LogP contribution in [0.4, 0.5) is 0 Å². The van der Waals surface area contributed by atoms with Crippen LogP contribution < -0.4 is 5.32 Å². The van der Waals surface area contributed by atoms with E-state index in [1.807, 2.05) is 6.07 Å². The van der Waals surface area contributed by atoms with Crippen LogP contribution >= 0.6 is 11.6 Å². The number of benzene rings is 1. The molecule has 25 heavy (non-hydrogen) atoms. The van der Waals surface area contributed by atoms with E-state index in [0.29, 0.717) is 0 Å². The number of alkyl halides is 1. The van der Waals surface area contributed by atoms with E-state index in [9.17, 15) is 24.0 Å². The average Bonchev–Trinajstić information content (AvgIpc) is 2.59. The van der Waals surface area contributed by atoms with Gasteiger partial charge in [-0.2, -0.15) is 0 Å². The lowest BCUT2D eigenvalue weighted by molar-refractivity contribution is -0.151. The molecule has 2 amide bonds.